The second-order valence-corrected chi connectivity index (χ2v) is 6.82. The number of benzene rings is 2. The fraction of sp³-hybridized carbons (Fsp3) is 0.150. The van der Waals surface area contributed by atoms with Gasteiger partial charge in [0, 0.05) is 0 Å². The van der Waals surface area contributed by atoms with Crippen LogP contribution in [0.5, 0.6) is 17.2 Å². The largest absolute Gasteiger partial charge is 0.546 e. The third-order valence-corrected chi connectivity index (χ3v) is 4.67. The number of carboxylic acid groups (broad SMARTS) is 1. The van der Waals surface area contributed by atoms with Crippen molar-refractivity contribution in [3.63, 3.8) is 0 Å². The molecule has 0 unspecified atom stereocenters. The van der Waals surface area contributed by atoms with E-state index < -0.39 is 12.6 Å². The lowest BCUT2D eigenvalue weighted by Gasteiger charge is -2.14. The summed E-state index contributed by atoms with van der Waals surface area (Å²) in [5, 5.41) is 13.8. The second-order valence-electron chi connectivity index (χ2n) is 6.02. The Hall–Kier alpha value is -3.30. The number of carboxylic acids is 1. The van der Waals surface area contributed by atoms with E-state index >= 15 is 0 Å². The van der Waals surface area contributed by atoms with Crippen LogP contribution in [0.1, 0.15) is 5.56 Å². The van der Waals surface area contributed by atoms with E-state index in [9.17, 15) is 14.7 Å². The number of anilines is 1. The first kappa shape index (κ1) is 21.4. The molecule has 1 heterocycles. The number of carbonyl (C=O) groups is 2. The molecule has 0 aromatic heterocycles. The van der Waals surface area contributed by atoms with Crippen LogP contribution in [0, 0.1) is 0 Å². The maximum atomic E-state index is 12.9. The minimum atomic E-state index is -1.40. The smallest absolute Gasteiger partial charge is 0.281 e. The zero-order chi connectivity index (χ0) is 21.8. The molecule has 1 N–H and O–H groups in total. The van der Waals surface area contributed by atoms with Gasteiger partial charge in [-0.25, -0.2) is 0 Å². The lowest BCUT2D eigenvalue weighted by molar-refractivity contribution is -0.307. The molecule has 0 bridgehead atoms. The van der Waals surface area contributed by atoms with Gasteiger partial charge in [0.05, 0.1) is 30.9 Å². The predicted molar refractivity (Wildman–Crippen MR) is 113 cm³/mol. The van der Waals surface area contributed by atoms with Gasteiger partial charge >= 0.3 is 0 Å². The van der Waals surface area contributed by atoms with Gasteiger partial charge in [-0.15, -0.1) is 0 Å². The third kappa shape index (κ3) is 4.47. The quantitative estimate of drug-likeness (QED) is 0.506. The van der Waals surface area contributed by atoms with Gasteiger partial charge in [-0.1, -0.05) is 11.6 Å². The molecule has 156 valence electrons. The molecule has 0 atom stereocenters. The van der Waals surface area contributed by atoms with Crippen LogP contribution in [-0.2, 0) is 9.59 Å². The molecule has 2 aromatic rings. The SMILES string of the molecule is COc1ccc(N2C(=O)/C(=C/c3cc(Cl)c(OCC(=O)[O-])c(OC)c3)NC2=S)cc1. The number of thiocarbonyl (C=S) groups is 1. The Balaban J connectivity index is 1.89. The maximum absolute atomic E-state index is 12.9. The summed E-state index contributed by atoms with van der Waals surface area (Å²) in [5.74, 6) is -0.824. The van der Waals surface area contributed by atoms with Crippen molar-refractivity contribution in [1.29, 1.82) is 0 Å². The topological polar surface area (TPSA) is 100 Å². The molecule has 1 amide bonds. The Bertz CT molecular complexity index is 1040. The molecular weight excluding hydrogens is 432 g/mol. The minimum Gasteiger partial charge on any atom is -0.546 e. The molecular formula is C20H16ClN2O6S-. The van der Waals surface area contributed by atoms with E-state index in [1.165, 1.54) is 18.1 Å². The van der Waals surface area contributed by atoms with Gasteiger partial charge < -0.3 is 29.4 Å². The lowest BCUT2D eigenvalue weighted by atomic mass is 10.1. The molecule has 0 radical (unpaired) electrons. The molecule has 0 aliphatic carbocycles. The van der Waals surface area contributed by atoms with Crippen LogP contribution in [0.25, 0.3) is 6.08 Å². The predicted octanol–water partition coefficient (Wildman–Crippen LogP) is 1.75. The van der Waals surface area contributed by atoms with Crippen molar-refractivity contribution < 1.29 is 28.9 Å². The number of aliphatic carboxylic acids is 1. The molecule has 1 aliphatic rings. The lowest BCUT2D eigenvalue weighted by Crippen LogP contribution is -2.30. The summed E-state index contributed by atoms with van der Waals surface area (Å²) in [5.41, 5.74) is 1.34. The number of halogens is 1. The third-order valence-electron chi connectivity index (χ3n) is 4.11. The van der Waals surface area contributed by atoms with Crippen molar-refractivity contribution >= 4 is 52.6 Å². The summed E-state index contributed by atoms with van der Waals surface area (Å²) >= 11 is 11.5. The molecule has 0 saturated carbocycles. The molecule has 30 heavy (non-hydrogen) atoms. The summed E-state index contributed by atoms with van der Waals surface area (Å²) in [7, 11) is 2.94. The summed E-state index contributed by atoms with van der Waals surface area (Å²) < 4.78 is 15.5. The number of nitrogens with zero attached hydrogens (tertiary/aromatic N) is 1. The first-order chi connectivity index (χ1) is 14.3. The highest BCUT2D eigenvalue weighted by molar-refractivity contribution is 7.80. The van der Waals surface area contributed by atoms with Gasteiger partial charge in [0.2, 0.25) is 0 Å². The maximum Gasteiger partial charge on any atom is 0.281 e. The van der Waals surface area contributed by atoms with Crippen LogP contribution in [0.4, 0.5) is 5.69 Å². The average molecular weight is 448 g/mol. The van der Waals surface area contributed by atoms with Crippen molar-refractivity contribution in [2.24, 2.45) is 0 Å². The van der Waals surface area contributed by atoms with Crippen LogP contribution < -0.4 is 29.5 Å². The zero-order valence-corrected chi connectivity index (χ0v) is 17.5. The molecule has 3 rings (SSSR count). The van der Waals surface area contributed by atoms with Crippen molar-refractivity contribution in [1.82, 2.24) is 5.32 Å². The molecule has 1 aliphatic heterocycles. The molecule has 0 spiro atoms. The van der Waals surface area contributed by atoms with Crippen molar-refractivity contribution in [3.05, 3.63) is 52.7 Å². The van der Waals surface area contributed by atoms with Gasteiger partial charge in [-0.3, -0.25) is 9.69 Å². The van der Waals surface area contributed by atoms with Crippen LogP contribution in [-0.4, -0.2) is 37.8 Å². The van der Waals surface area contributed by atoms with E-state index in [2.05, 4.69) is 5.32 Å². The van der Waals surface area contributed by atoms with E-state index in [4.69, 9.17) is 38.0 Å². The van der Waals surface area contributed by atoms with E-state index in [0.717, 1.165) is 0 Å². The van der Waals surface area contributed by atoms with Gasteiger partial charge in [0.25, 0.3) is 5.91 Å². The number of methoxy groups -OCH3 is 2. The monoisotopic (exact) mass is 447 g/mol. The van der Waals surface area contributed by atoms with Gasteiger partial charge in [-0.05, 0) is 60.3 Å². The standard InChI is InChI=1S/C20H17ClN2O6S/c1-27-13-5-3-12(4-6-13)23-19(26)15(22-20(23)30)8-11-7-14(21)18(16(9-11)28-2)29-10-17(24)25/h3-9H,10H2,1-2H3,(H,22,30)(H,24,25)/p-1/b15-8-. The fourth-order valence-electron chi connectivity index (χ4n) is 2.76. The Morgan fingerprint density at radius 3 is 2.53 bits per heavy atom. The normalized spacial score (nSPS) is 14.6. The second kappa shape index (κ2) is 9.02. The average Bonchev–Trinajstić information content (AvgIpc) is 2.99. The fourth-order valence-corrected chi connectivity index (χ4v) is 3.33. The number of hydrogen-bond acceptors (Lipinski definition) is 7. The van der Waals surface area contributed by atoms with Crippen LogP contribution in [0.2, 0.25) is 5.02 Å². The molecule has 1 fully saturated rings. The zero-order valence-electron chi connectivity index (χ0n) is 15.9. The van der Waals surface area contributed by atoms with Gasteiger partial charge in [0.15, 0.2) is 16.6 Å². The number of rotatable bonds is 7. The summed E-state index contributed by atoms with van der Waals surface area (Å²) in [4.78, 5) is 24.9. The Morgan fingerprint density at radius 1 is 1.23 bits per heavy atom. The number of carbonyl (C=O) groups excluding carboxylic acids is 2. The Kier molecular flexibility index (Phi) is 6.43. The summed E-state index contributed by atoms with van der Waals surface area (Å²) in [6.07, 6.45) is 1.55. The van der Waals surface area contributed by atoms with Crippen molar-refractivity contribution in [2.45, 2.75) is 0 Å². The van der Waals surface area contributed by atoms with E-state index in [0.29, 0.717) is 17.0 Å². The summed E-state index contributed by atoms with van der Waals surface area (Å²) in [6, 6.07) is 9.95. The number of ether oxygens (including phenoxy) is 3. The number of amides is 1. The van der Waals surface area contributed by atoms with E-state index in [-0.39, 0.29) is 33.2 Å². The minimum absolute atomic E-state index is 0.0617. The first-order valence-corrected chi connectivity index (χ1v) is 9.34. The van der Waals surface area contributed by atoms with Gasteiger partial charge in [0.1, 0.15) is 18.1 Å². The van der Waals surface area contributed by atoms with Crippen LogP contribution >= 0.6 is 23.8 Å². The number of nitrogens with one attached hydrogen (secondary N) is 1. The van der Waals surface area contributed by atoms with Gasteiger partial charge in [-0.2, -0.15) is 0 Å². The van der Waals surface area contributed by atoms with Crippen LogP contribution in [0.15, 0.2) is 42.1 Å². The highest BCUT2D eigenvalue weighted by atomic mass is 35.5. The highest BCUT2D eigenvalue weighted by Crippen LogP contribution is 2.37. The number of hydrogen-bond donors (Lipinski definition) is 1. The molecule has 8 nitrogen and oxygen atoms in total. The molecule has 10 heteroatoms. The van der Waals surface area contributed by atoms with Crippen LogP contribution in [0.3, 0.4) is 0 Å². The highest BCUT2D eigenvalue weighted by Gasteiger charge is 2.32. The van der Waals surface area contributed by atoms with E-state index in [1.807, 2.05) is 0 Å². The molecule has 2 aromatic carbocycles. The Labute approximate surface area is 182 Å². The molecule has 1 saturated heterocycles. The van der Waals surface area contributed by atoms with Crippen molar-refractivity contribution in [2.75, 3.05) is 25.7 Å². The Morgan fingerprint density at radius 2 is 1.93 bits per heavy atom. The summed E-state index contributed by atoms with van der Waals surface area (Å²) in [6.45, 7) is -0.679. The van der Waals surface area contributed by atoms with Crippen molar-refractivity contribution in [3.8, 4) is 17.2 Å². The first-order valence-electron chi connectivity index (χ1n) is 8.55. The van der Waals surface area contributed by atoms with E-state index in [1.54, 1.807) is 43.5 Å².